The largest absolute Gasteiger partial charge is 0.478 e. The number of H-pyrrole nitrogens is 1. The Morgan fingerprint density at radius 1 is 1.37 bits per heavy atom. The summed E-state index contributed by atoms with van der Waals surface area (Å²) in [4.78, 5) is 16.1. The highest BCUT2D eigenvalue weighted by Gasteiger charge is 2.18. The van der Waals surface area contributed by atoms with Crippen molar-refractivity contribution in [3.8, 4) is 0 Å². The van der Waals surface area contributed by atoms with Gasteiger partial charge in [0.1, 0.15) is 0 Å². The van der Waals surface area contributed by atoms with Crippen LogP contribution in [0.3, 0.4) is 0 Å². The molecule has 0 radical (unpaired) electrons. The van der Waals surface area contributed by atoms with Crippen molar-refractivity contribution in [1.82, 2.24) is 9.88 Å². The lowest BCUT2D eigenvalue weighted by Crippen LogP contribution is -2.18. The summed E-state index contributed by atoms with van der Waals surface area (Å²) in [6.45, 7) is 2.01. The maximum absolute atomic E-state index is 10.7. The molecule has 0 spiro atoms. The maximum atomic E-state index is 10.7. The van der Waals surface area contributed by atoms with Crippen LogP contribution >= 0.6 is 0 Å². The number of benzene rings is 1. The first-order valence-electron chi connectivity index (χ1n) is 6.15. The molecule has 0 saturated heterocycles. The first-order chi connectivity index (χ1) is 9.00. The number of carbonyl (C=O) groups is 1. The summed E-state index contributed by atoms with van der Waals surface area (Å²) in [6.07, 6.45) is 2.91. The zero-order valence-electron chi connectivity index (χ0n) is 11.3. The van der Waals surface area contributed by atoms with E-state index in [1.807, 2.05) is 44.1 Å². The molecular formula is C15H18N2O2. The molecule has 1 heterocycles. The lowest BCUT2D eigenvalue weighted by Gasteiger charge is -2.21. The molecule has 0 amide bonds. The highest BCUT2D eigenvalue weighted by molar-refractivity contribution is 5.86. The lowest BCUT2D eigenvalue weighted by atomic mass is 10.0. The van der Waals surface area contributed by atoms with Crippen LogP contribution in [0.1, 0.15) is 17.3 Å². The summed E-state index contributed by atoms with van der Waals surface area (Å²) in [7, 11) is 3.89. The number of nitrogens with one attached hydrogen (secondary N) is 1. The normalized spacial score (nSPS) is 13.5. The molecule has 0 aliphatic rings. The first kappa shape index (κ1) is 13.4. The number of hydrogen-bond donors (Lipinski definition) is 2. The highest BCUT2D eigenvalue weighted by Crippen LogP contribution is 2.31. The van der Waals surface area contributed by atoms with Gasteiger partial charge in [0, 0.05) is 28.2 Å². The van der Waals surface area contributed by atoms with Gasteiger partial charge in [-0.25, -0.2) is 4.79 Å². The predicted octanol–water partition coefficient (Wildman–Crippen LogP) is 2.72. The second-order valence-electron chi connectivity index (χ2n) is 4.82. The Labute approximate surface area is 112 Å². The minimum absolute atomic E-state index is 0.0627. The number of carboxylic acid groups (broad SMARTS) is 1. The van der Waals surface area contributed by atoms with Gasteiger partial charge in [-0.2, -0.15) is 0 Å². The third-order valence-electron chi connectivity index (χ3n) is 3.22. The number of hydrogen-bond acceptors (Lipinski definition) is 2. The smallest absolute Gasteiger partial charge is 0.328 e. The predicted molar refractivity (Wildman–Crippen MR) is 76.2 cm³/mol. The number of nitrogens with zero attached hydrogens (tertiary/aromatic N) is 1. The molecule has 19 heavy (non-hydrogen) atoms. The Kier molecular flexibility index (Phi) is 3.71. The van der Waals surface area contributed by atoms with Crippen molar-refractivity contribution >= 4 is 16.9 Å². The van der Waals surface area contributed by atoms with Gasteiger partial charge >= 0.3 is 5.97 Å². The van der Waals surface area contributed by atoms with E-state index in [0.29, 0.717) is 0 Å². The fourth-order valence-corrected chi connectivity index (χ4v) is 2.38. The van der Waals surface area contributed by atoms with Gasteiger partial charge in [-0.15, -0.1) is 0 Å². The standard InChI is InChI=1S/C15H18N2O2/c1-10-15(11-6-4-5-7-12(11)16-10)13(17(2)3)8-9-14(18)19/h4-9,13,16H,1-3H3,(H,18,19)/b9-8+. The van der Waals surface area contributed by atoms with E-state index in [4.69, 9.17) is 5.11 Å². The molecule has 0 bridgehead atoms. The van der Waals surface area contributed by atoms with Crippen molar-refractivity contribution in [2.75, 3.05) is 14.1 Å². The molecule has 0 aliphatic heterocycles. The van der Waals surface area contributed by atoms with Crippen molar-refractivity contribution in [2.24, 2.45) is 0 Å². The molecule has 4 nitrogen and oxygen atoms in total. The van der Waals surface area contributed by atoms with Crippen LogP contribution in [-0.2, 0) is 4.79 Å². The summed E-state index contributed by atoms with van der Waals surface area (Å²) in [5.41, 5.74) is 3.26. The van der Waals surface area contributed by atoms with Crippen LogP contribution < -0.4 is 0 Å². The van der Waals surface area contributed by atoms with Gasteiger partial charge in [0.05, 0.1) is 6.04 Å². The van der Waals surface area contributed by atoms with Gasteiger partial charge in [0.2, 0.25) is 0 Å². The van der Waals surface area contributed by atoms with E-state index in [9.17, 15) is 4.79 Å². The van der Waals surface area contributed by atoms with Gasteiger partial charge in [-0.05, 0) is 27.1 Å². The first-order valence-corrected chi connectivity index (χ1v) is 6.15. The number of aromatic amines is 1. The molecule has 0 aliphatic carbocycles. The second kappa shape index (κ2) is 5.28. The Balaban J connectivity index is 2.56. The maximum Gasteiger partial charge on any atom is 0.328 e. The summed E-state index contributed by atoms with van der Waals surface area (Å²) in [5, 5.41) is 9.94. The van der Waals surface area contributed by atoms with Crippen molar-refractivity contribution in [1.29, 1.82) is 0 Å². The van der Waals surface area contributed by atoms with E-state index in [2.05, 4.69) is 11.1 Å². The summed E-state index contributed by atoms with van der Waals surface area (Å²) in [5.74, 6) is -0.927. The number of fused-ring (bicyclic) bond motifs is 1. The molecular weight excluding hydrogens is 240 g/mol. The number of para-hydroxylation sites is 1. The monoisotopic (exact) mass is 258 g/mol. The molecule has 2 aromatic rings. The molecule has 0 saturated carbocycles. The van der Waals surface area contributed by atoms with Crippen molar-refractivity contribution in [2.45, 2.75) is 13.0 Å². The second-order valence-corrected chi connectivity index (χ2v) is 4.82. The summed E-state index contributed by atoms with van der Waals surface area (Å²) < 4.78 is 0. The minimum Gasteiger partial charge on any atom is -0.478 e. The zero-order valence-corrected chi connectivity index (χ0v) is 11.3. The lowest BCUT2D eigenvalue weighted by molar-refractivity contribution is -0.131. The molecule has 1 aromatic carbocycles. The number of aliphatic carboxylic acids is 1. The third kappa shape index (κ3) is 2.69. The van der Waals surface area contributed by atoms with Crippen LogP contribution in [0.15, 0.2) is 36.4 Å². The Morgan fingerprint density at radius 2 is 2.05 bits per heavy atom. The van der Waals surface area contributed by atoms with Gasteiger partial charge < -0.3 is 10.1 Å². The molecule has 2 rings (SSSR count). The molecule has 4 heteroatoms. The van der Waals surface area contributed by atoms with Crippen LogP contribution in [0.25, 0.3) is 10.9 Å². The van der Waals surface area contributed by atoms with E-state index < -0.39 is 5.97 Å². The van der Waals surface area contributed by atoms with E-state index in [1.165, 1.54) is 6.08 Å². The third-order valence-corrected chi connectivity index (χ3v) is 3.22. The van der Waals surface area contributed by atoms with Crippen molar-refractivity contribution in [3.63, 3.8) is 0 Å². The number of likely N-dealkylation sites (N-methyl/N-ethyl adjacent to an activating group) is 1. The fourth-order valence-electron chi connectivity index (χ4n) is 2.38. The average molecular weight is 258 g/mol. The highest BCUT2D eigenvalue weighted by atomic mass is 16.4. The Morgan fingerprint density at radius 3 is 2.68 bits per heavy atom. The van der Waals surface area contributed by atoms with Crippen molar-refractivity contribution < 1.29 is 9.90 Å². The molecule has 100 valence electrons. The van der Waals surface area contributed by atoms with E-state index in [1.54, 1.807) is 6.08 Å². The number of carboxylic acids is 1. The molecule has 1 aromatic heterocycles. The zero-order chi connectivity index (χ0) is 14.0. The van der Waals surface area contributed by atoms with Gasteiger partial charge in [-0.3, -0.25) is 4.90 Å². The number of aromatic nitrogens is 1. The Bertz CT molecular complexity index is 626. The van der Waals surface area contributed by atoms with E-state index in [-0.39, 0.29) is 6.04 Å². The Hall–Kier alpha value is -2.07. The SMILES string of the molecule is Cc1[nH]c2ccccc2c1C(/C=C/C(=O)O)N(C)C. The quantitative estimate of drug-likeness (QED) is 0.829. The fraction of sp³-hybridized carbons (Fsp3) is 0.267. The molecule has 1 unspecified atom stereocenters. The molecule has 2 N–H and O–H groups in total. The van der Waals surface area contributed by atoms with Crippen molar-refractivity contribution in [3.05, 3.63) is 47.7 Å². The molecule has 1 atom stereocenters. The minimum atomic E-state index is -0.927. The number of aryl methyl sites for hydroxylation is 1. The van der Waals surface area contributed by atoms with Crippen LogP contribution in [0.4, 0.5) is 0 Å². The van der Waals surface area contributed by atoms with E-state index in [0.717, 1.165) is 22.2 Å². The van der Waals surface area contributed by atoms with Gasteiger partial charge in [-0.1, -0.05) is 24.3 Å². The number of rotatable bonds is 4. The van der Waals surface area contributed by atoms with Crippen LogP contribution in [0, 0.1) is 6.92 Å². The van der Waals surface area contributed by atoms with Crippen LogP contribution in [-0.4, -0.2) is 35.1 Å². The van der Waals surface area contributed by atoms with Gasteiger partial charge in [0.15, 0.2) is 0 Å². The average Bonchev–Trinajstić information content (AvgIpc) is 2.66. The summed E-state index contributed by atoms with van der Waals surface area (Å²) in [6, 6.07) is 8.00. The van der Waals surface area contributed by atoms with Crippen LogP contribution in [0.5, 0.6) is 0 Å². The van der Waals surface area contributed by atoms with Crippen LogP contribution in [0.2, 0.25) is 0 Å². The summed E-state index contributed by atoms with van der Waals surface area (Å²) >= 11 is 0. The topological polar surface area (TPSA) is 56.3 Å². The molecule has 0 fully saturated rings. The van der Waals surface area contributed by atoms with Gasteiger partial charge in [0.25, 0.3) is 0 Å². The van der Waals surface area contributed by atoms with E-state index >= 15 is 0 Å².